The van der Waals surface area contributed by atoms with Gasteiger partial charge in [-0.25, -0.2) is 0 Å². The van der Waals surface area contributed by atoms with E-state index >= 15 is 0 Å². The lowest BCUT2D eigenvalue weighted by Gasteiger charge is -2.17. The molecule has 1 atom stereocenters. The molecule has 5 nitrogen and oxygen atoms in total. The standard InChI is InChI=1S/C13H20N2O3S/c1-10(5-6-16)8-14-12(17)9-15(2)13(18)11-4-3-7-19-11/h3-4,7,10,16H,5-6,8-9H2,1-2H3,(H,14,17). The van der Waals surface area contributed by atoms with Crippen molar-refractivity contribution in [2.24, 2.45) is 5.92 Å². The van der Waals surface area contributed by atoms with Gasteiger partial charge in [-0.15, -0.1) is 11.3 Å². The fourth-order valence-electron chi connectivity index (χ4n) is 1.54. The first-order valence-corrected chi connectivity index (χ1v) is 7.09. The molecule has 0 saturated carbocycles. The molecule has 1 aromatic heterocycles. The van der Waals surface area contributed by atoms with E-state index in [1.54, 1.807) is 13.1 Å². The topological polar surface area (TPSA) is 69.6 Å². The molecule has 2 amide bonds. The summed E-state index contributed by atoms with van der Waals surface area (Å²) in [7, 11) is 1.61. The van der Waals surface area contributed by atoms with Gasteiger partial charge in [0.1, 0.15) is 0 Å². The third-order valence-electron chi connectivity index (χ3n) is 2.73. The number of rotatable bonds is 7. The molecule has 1 heterocycles. The number of hydrogen-bond donors (Lipinski definition) is 2. The van der Waals surface area contributed by atoms with Crippen LogP contribution in [0.5, 0.6) is 0 Å². The molecule has 0 spiro atoms. The van der Waals surface area contributed by atoms with Crippen LogP contribution in [0.1, 0.15) is 23.0 Å². The maximum Gasteiger partial charge on any atom is 0.264 e. The number of aliphatic hydroxyl groups excluding tert-OH is 1. The number of carbonyl (C=O) groups excluding carboxylic acids is 2. The number of nitrogens with one attached hydrogen (secondary N) is 1. The van der Waals surface area contributed by atoms with E-state index < -0.39 is 0 Å². The van der Waals surface area contributed by atoms with E-state index in [-0.39, 0.29) is 30.9 Å². The number of nitrogens with zero attached hydrogens (tertiary/aromatic N) is 1. The third kappa shape index (κ3) is 5.40. The van der Waals surface area contributed by atoms with Crippen LogP contribution in [0.25, 0.3) is 0 Å². The van der Waals surface area contributed by atoms with Crippen molar-refractivity contribution in [3.63, 3.8) is 0 Å². The summed E-state index contributed by atoms with van der Waals surface area (Å²) in [5, 5.41) is 13.4. The zero-order valence-electron chi connectivity index (χ0n) is 11.3. The van der Waals surface area contributed by atoms with E-state index in [2.05, 4.69) is 5.32 Å². The summed E-state index contributed by atoms with van der Waals surface area (Å²) in [6, 6.07) is 3.55. The molecule has 0 aliphatic rings. The van der Waals surface area contributed by atoms with Crippen LogP contribution in [0.2, 0.25) is 0 Å². The summed E-state index contributed by atoms with van der Waals surface area (Å²) in [4.78, 5) is 25.6. The Morgan fingerprint density at radius 3 is 2.84 bits per heavy atom. The van der Waals surface area contributed by atoms with Gasteiger partial charge in [-0.3, -0.25) is 9.59 Å². The molecule has 0 aliphatic carbocycles. The monoisotopic (exact) mass is 284 g/mol. The van der Waals surface area contributed by atoms with Crippen LogP contribution >= 0.6 is 11.3 Å². The fraction of sp³-hybridized carbons (Fsp3) is 0.538. The Morgan fingerprint density at radius 2 is 2.26 bits per heavy atom. The summed E-state index contributed by atoms with van der Waals surface area (Å²) in [6.45, 7) is 2.63. The fourth-order valence-corrected chi connectivity index (χ4v) is 2.26. The average Bonchev–Trinajstić information content (AvgIpc) is 2.89. The Balaban J connectivity index is 2.34. The first kappa shape index (κ1) is 15.7. The van der Waals surface area contributed by atoms with Crippen molar-refractivity contribution in [1.29, 1.82) is 0 Å². The van der Waals surface area contributed by atoms with Gasteiger partial charge in [0, 0.05) is 20.2 Å². The van der Waals surface area contributed by atoms with E-state index in [4.69, 9.17) is 5.11 Å². The van der Waals surface area contributed by atoms with Crippen LogP contribution in [-0.4, -0.2) is 48.6 Å². The van der Waals surface area contributed by atoms with Gasteiger partial charge in [0.15, 0.2) is 0 Å². The summed E-state index contributed by atoms with van der Waals surface area (Å²) in [5.74, 6) is -0.0991. The van der Waals surface area contributed by atoms with Gasteiger partial charge >= 0.3 is 0 Å². The number of thiophene rings is 1. The Bertz CT molecular complexity index is 406. The molecule has 0 fully saturated rings. The molecule has 106 valence electrons. The van der Waals surface area contributed by atoms with Gasteiger partial charge in [-0.2, -0.15) is 0 Å². The van der Waals surface area contributed by atoms with E-state index in [1.165, 1.54) is 16.2 Å². The Labute approximate surface area is 117 Å². The quantitative estimate of drug-likeness (QED) is 0.783. The summed E-state index contributed by atoms with van der Waals surface area (Å²) in [5.41, 5.74) is 0. The lowest BCUT2D eigenvalue weighted by atomic mass is 10.1. The van der Waals surface area contributed by atoms with E-state index in [0.29, 0.717) is 17.8 Å². The number of hydrogen-bond acceptors (Lipinski definition) is 4. The molecule has 1 aromatic rings. The van der Waals surface area contributed by atoms with E-state index in [9.17, 15) is 9.59 Å². The first-order chi connectivity index (χ1) is 9.04. The SMILES string of the molecule is CC(CCO)CNC(=O)CN(C)C(=O)c1cccs1. The second-order valence-corrected chi connectivity index (χ2v) is 5.51. The van der Waals surface area contributed by atoms with Crippen molar-refractivity contribution < 1.29 is 14.7 Å². The Hall–Kier alpha value is -1.40. The highest BCUT2D eigenvalue weighted by Crippen LogP contribution is 2.10. The molecule has 19 heavy (non-hydrogen) atoms. The summed E-state index contributed by atoms with van der Waals surface area (Å²) >= 11 is 1.36. The van der Waals surface area contributed by atoms with Gasteiger partial charge in [0.05, 0.1) is 11.4 Å². The lowest BCUT2D eigenvalue weighted by Crippen LogP contribution is -2.39. The molecule has 2 N–H and O–H groups in total. The van der Waals surface area contributed by atoms with Crippen molar-refractivity contribution in [3.8, 4) is 0 Å². The zero-order chi connectivity index (χ0) is 14.3. The molecule has 0 saturated heterocycles. The van der Waals surface area contributed by atoms with E-state index in [0.717, 1.165) is 0 Å². The Kier molecular flexibility index (Phi) is 6.52. The van der Waals surface area contributed by atoms with Crippen molar-refractivity contribution in [2.45, 2.75) is 13.3 Å². The first-order valence-electron chi connectivity index (χ1n) is 6.21. The molecule has 0 radical (unpaired) electrons. The smallest absolute Gasteiger partial charge is 0.264 e. The molecule has 0 bridgehead atoms. The number of carbonyl (C=O) groups is 2. The molecule has 0 aliphatic heterocycles. The maximum atomic E-state index is 11.9. The highest BCUT2D eigenvalue weighted by atomic mass is 32.1. The highest BCUT2D eigenvalue weighted by molar-refractivity contribution is 7.12. The minimum atomic E-state index is -0.183. The molecular formula is C13H20N2O3S. The lowest BCUT2D eigenvalue weighted by molar-refractivity contribution is -0.121. The number of likely N-dealkylation sites (N-methyl/N-ethyl adjacent to an activating group) is 1. The number of aliphatic hydroxyl groups is 1. The number of amides is 2. The maximum absolute atomic E-state index is 11.9. The normalized spacial score (nSPS) is 11.9. The van der Waals surface area contributed by atoms with Crippen LogP contribution in [0.15, 0.2) is 17.5 Å². The van der Waals surface area contributed by atoms with Gasteiger partial charge in [0.25, 0.3) is 5.91 Å². The second-order valence-electron chi connectivity index (χ2n) is 4.56. The predicted octanol–water partition coefficient (Wildman–Crippen LogP) is 0.955. The highest BCUT2D eigenvalue weighted by Gasteiger charge is 2.15. The molecule has 1 rings (SSSR count). The van der Waals surface area contributed by atoms with Gasteiger partial charge < -0.3 is 15.3 Å². The molecular weight excluding hydrogens is 264 g/mol. The molecule has 6 heteroatoms. The van der Waals surface area contributed by atoms with Crippen molar-refractivity contribution in [1.82, 2.24) is 10.2 Å². The largest absolute Gasteiger partial charge is 0.396 e. The van der Waals surface area contributed by atoms with Crippen molar-refractivity contribution >= 4 is 23.2 Å². The minimum Gasteiger partial charge on any atom is -0.396 e. The van der Waals surface area contributed by atoms with Crippen LogP contribution < -0.4 is 5.32 Å². The Morgan fingerprint density at radius 1 is 1.53 bits per heavy atom. The summed E-state index contributed by atoms with van der Waals surface area (Å²) < 4.78 is 0. The van der Waals surface area contributed by atoms with Crippen LogP contribution in [0, 0.1) is 5.92 Å². The van der Waals surface area contributed by atoms with Crippen molar-refractivity contribution in [3.05, 3.63) is 22.4 Å². The van der Waals surface area contributed by atoms with Crippen molar-refractivity contribution in [2.75, 3.05) is 26.7 Å². The predicted molar refractivity (Wildman–Crippen MR) is 75.2 cm³/mol. The molecule has 0 aromatic carbocycles. The third-order valence-corrected chi connectivity index (χ3v) is 3.59. The van der Waals surface area contributed by atoms with Crippen LogP contribution in [-0.2, 0) is 4.79 Å². The summed E-state index contributed by atoms with van der Waals surface area (Å²) in [6.07, 6.45) is 0.657. The zero-order valence-corrected chi connectivity index (χ0v) is 12.1. The van der Waals surface area contributed by atoms with Gasteiger partial charge in [-0.05, 0) is 23.8 Å². The van der Waals surface area contributed by atoms with Crippen LogP contribution in [0.4, 0.5) is 0 Å². The van der Waals surface area contributed by atoms with Crippen LogP contribution in [0.3, 0.4) is 0 Å². The van der Waals surface area contributed by atoms with E-state index in [1.807, 2.05) is 18.4 Å². The molecule has 1 unspecified atom stereocenters. The minimum absolute atomic E-state index is 0.0442. The second kappa shape index (κ2) is 7.91. The van der Waals surface area contributed by atoms with Gasteiger partial charge in [-0.1, -0.05) is 13.0 Å². The van der Waals surface area contributed by atoms with Gasteiger partial charge in [0.2, 0.25) is 5.91 Å². The average molecular weight is 284 g/mol.